The first-order valence-electron chi connectivity index (χ1n) is 8.73. The Morgan fingerprint density at radius 3 is 2.39 bits per heavy atom. The number of amides is 1. The molecule has 0 saturated heterocycles. The lowest BCUT2D eigenvalue weighted by Gasteiger charge is -2.14. The Bertz CT molecular complexity index is 960. The lowest BCUT2D eigenvalue weighted by molar-refractivity contribution is -0.124. The second-order valence-electron chi connectivity index (χ2n) is 6.17. The Kier molecular flexibility index (Phi) is 6.01. The van der Waals surface area contributed by atoms with Crippen molar-refractivity contribution in [2.24, 2.45) is 0 Å². The fourth-order valence-corrected chi connectivity index (χ4v) is 2.66. The molecular weight excluding hydrogens is 358 g/mol. The van der Waals surface area contributed by atoms with Gasteiger partial charge in [0.15, 0.2) is 18.7 Å². The molecule has 0 unspecified atom stereocenters. The maximum absolute atomic E-state index is 12.1. The van der Waals surface area contributed by atoms with Gasteiger partial charge in [0.2, 0.25) is 0 Å². The molecule has 0 spiro atoms. The lowest BCUT2D eigenvalue weighted by Crippen LogP contribution is -2.31. The predicted molar refractivity (Wildman–Crippen MR) is 103 cm³/mol. The minimum atomic E-state index is -0.595. The van der Waals surface area contributed by atoms with Gasteiger partial charge in [0, 0.05) is 5.56 Å². The van der Waals surface area contributed by atoms with Gasteiger partial charge in [-0.25, -0.2) is 4.79 Å². The summed E-state index contributed by atoms with van der Waals surface area (Å²) in [4.78, 5) is 34.8. The van der Waals surface area contributed by atoms with Crippen LogP contribution in [-0.2, 0) is 9.53 Å². The van der Waals surface area contributed by atoms with Gasteiger partial charge in [-0.2, -0.15) is 0 Å². The highest BCUT2D eigenvalue weighted by Crippen LogP contribution is 2.22. The van der Waals surface area contributed by atoms with Crippen LogP contribution in [0, 0.1) is 0 Å². The zero-order chi connectivity index (χ0) is 19.9. The standard InChI is InChI=1S/C22H19NO5/c1-15(16-5-3-2-4-6-16)23-21(25)14-27-22(26)18-9-7-17(8-10-18)20-12-11-19(13-24)28-20/h2-13,15H,14H2,1H3,(H,23,25)/t15-/m0/s1. The number of carbonyl (C=O) groups excluding carboxylic acids is 3. The molecular formula is C22H19NO5. The van der Waals surface area contributed by atoms with Crippen LogP contribution in [0.3, 0.4) is 0 Å². The predicted octanol–water partition coefficient (Wildman–Crippen LogP) is 3.79. The van der Waals surface area contributed by atoms with Crippen LogP contribution in [0.5, 0.6) is 0 Å². The third-order valence-corrected chi connectivity index (χ3v) is 4.16. The fourth-order valence-electron chi connectivity index (χ4n) is 2.66. The van der Waals surface area contributed by atoms with E-state index in [-0.39, 0.29) is 24.3 Å². The summed E-state index contributed by atoms with van der Waals surface area (Å²) in [6.07, 6.45) is 0.624. The third-order valence-electron chi connectivity index (χ3n) is 4.16. The number of hydrogen-bond acceptors (Lipinski definition) is 5. The van der Waals surface area contributed by atoms with Crippen LogP contribution in [0.4, 0.5) is 0 Å². The molecule has 1 atom stereocenters. The van der Waals surface area contributed by atoms with Crippen molar-refractivity contribution in [3.63, 3.8) is 0 Å². The normalized spacial score (nSPS) is 11.5. The molecule has 0 aliphatic rings. The molecule has 1 aromatic heterocycles. The van der Waals surface area contributed by atoms with Crippen molar-refractivity contribution in [2.75, 3.05) is 6.61 Å². The van der Waals surface area contributed by atoms with E-state index in [0.717, 1.165) is 11.1 Å². The number of hydrogen-bond donors (Lipinski definition) is 1. The molecule has 1 amide bonds. The van der Waals surface area contributed by atoms with Crippen molar-refractivity contribution >= 4 is 18.2 Å². The third kappa shape index (κ3) is 4.73. The number of carbonyl (C=O) groups is 3. The summed E-state index contributed by atoms with van der Waals surface area (Å²) in [7, 11) is 0. The molecule has 0 aliphatic carbocycles. The van der Waals surface area contributed by atoms with Gasteiger partial charge in [0.25, 0.3) is 5.91 Å². The molecule has 6 nitrogen and oxygen atoms in total. The van der Waals surface area contributed by atoms with Crippen molar-refractivity contribution in [1.82, 2.24) is 5.32 Å². The molecule has 0 aliphatic heterocycles. The maximum atomic E-state index is 12.1. The van der Waals surface area contributed by atoms with Crippen LogP contribution in [0.15, 0.2) is 71.1 Å². The van der Waals surface area contributed by atoms with E-state index in [4.69, 9.17) is 9.15 Å². The summed E-state index contributed by atoms with van der Waals surface area (Å²) in [6, 6.07) is 19.1. The first-order valence-corrected chi connectivity index (χ1v) is 8.73. The fraction of sp³-hybridized carbons (Fsp3) is 0.136. The van der Waals surface area contributed by atoms with E-state index in [1.807, 2.05) is 37.3 Å². The SMILES string of the molecule is C[C@H](NC(=O)COC(=O)c1ccc(-c2ccc(C=O)o2)cc1)c1ccccc1. The number of benzene rings is 2. The van der Waals surface area contributed by atoms with E-state index in [2.05, 4.69) is 5.32 Å². The van der Waals surface area contributed by atoms with Crippen LogP contribution in [0.1, 0.15) is 39.4 Å². The number of ether oxygens (including phenoxy) is 1. The van der Waals surface area contributed by atoms with Gasteiger partial charge in [-0.05, 0) is 36.8 Å². The van der Waals surface area contributed by atoms with Gasteiger partial charge in [0.1, 0.15) is 5.76 Å². The highest BCUT2D eigenvalue weighted by molar-refractivity contribution is 5.91. The van der Waals surface area contributed by atoms with Crippen LogP contribution in [0.2, 0.25) is 0 Å². The largest absolute Gasteiger partial charge is 0.453 e. The molecule has 1 N–H and O–H groups in total. The van der Waals surface area contributed by atoms with Crippen LogP contribution >= 0.6 is 0 Å². The number of nitrogens with one attached hydrogen (secondary N) is 1. The van der Waals surface area contributed by atoms with Crippen molar-refractivity contribution in [1.29, 1.82) is 0 Å². The molecule has 0 radical (unpaired) electrons. The number of furan rings is 1. The summed E-state index contributed by atoms with van der Waals surface area (Å²) >= 11 is 0. The smallest absolute Gasteiger partial charge is 0.338 e. The summed E-state index contributed by atoms with van der Waals surface area (Å²) in [5.41, 5.74) is 2.00. The molecule has 0 fully saturated rings. The van der Waals surface area contributed by atoms with Crippen LogP contribution < -0.4 is 5.32 Å². The highest BCUT2D eigenvalue weighted by Gasteiger charge is 2.13. The van der Waals surface area contributed by atoms with E-state index in [9.17, 15) is 14.4 Å². The topological polar surface area (TPSA) is 85.6 Å². The maximum Gasteiger partial charge on any atom is 0.338 e. The van der Waals surface area contributed by atoms with Crippen molar-refractivity contribution in [3.05, 3.63) is 83.6 Å². The van der Waals surface area contributed by atoms with E-state index >= 15 is 0 Å². The van der Waals surface area contributed by atoms with Crippen molar-refractivity contribution < 1.29 is 23.5 Å². The average Bonchev–Trinajstić information content (AvgIpc) is 3.22. The second-order valence-corrected chi connectivity index (χ2v) is 6.17. The van der Waals surface area contributed by atoms with Gasteiger partial charge in [-0.1, -0.05) is 42.5 Å². The molecule has 2 aromatic carbocycles. The molecule has 28 heavy (non-hydrogen) atoms. The summed E-state index contributed by atoms with van der Waals surface area (Å²) in [5, 5.41) is 2.78. The van der Waals surface area contributed by atoms with Gasteiger partial charge in [-0.3, -0.25) is 9.59 Å². The van der Waals surface area contributed by atoms with Gasteiger partial charge < -0.3 is 14.5 Å². The van der Waals surface area contributed by atoms with Gasteiger partial charge in [0.05, 0.1) is 11.6 Å². The lowest BCUT2D eigenvalue weighted by atomic mass is 10.1. The Morgan fingerprint density at radius 2 is 1.75 bits per heavy atom. The molecule has 142 valence electrons. The van der Waals surface area contributed by atoms with Crippen LogP contribution in [0.25, 0.3) is 11.3 Å². The molecule has 3 rings (SSSR count). The average molecular weight is 377 g/mol. The molecule has 6 heteroatoms. The first kappa shape index (κ1) is 19.1. The Balaban J connectivity index is 1.53. The Hall–Kier alpha value is -3.67. The van der Waals surface area contributed by atoms with Crippen molar-refractivity contribution in [3.8, 4) is 11.3 Å². The molecule has 0 bridgehead atoms. The highest BCUT2D eigenvalue weighted by atomic mass is 16.5. The molecule has 3 aromatic rings. The van der Waals surface area contributed by atoms with E-state index in [0.29, 0.717) is 17.6 Å². The summed E-state index contributed by atoms with van der Waals surface area (Å²) in [5.74, 6) is -0.217. The summed E-state index contributed by atoms with van der Waals surface area (Å²) < 4.78 is 10.4. The summed E-state index contributed by atoms with van der Waals surface area (Å²) in [6.45, 7) is 1.50. The quantitative estimate of drug-likeness (QED) is 0.500. The van der Waals surface area contributed by atoms with E-state index < -0.39 is 5.97 Å². The minimum Gasteiger partial charge on any atom is -0.453 e. The molecule has 1 heterocycles. The first-order chi connectivity index (χ1) is 13.6. The number of aldehydes is 1. The molecule has 0 saturated carbocycles. The van der Waals surface area contributed by atoms with Crippen LogP contribution in [-0.4, -0.2) is 24.8 Å². The van der Waals surface area contributed by atoms with Gasteiger partial charge in [-0.15, -0.1) is 0 Å². The monoisotopic (exact) mass is 377 g/mol. The Labute approximate surface area is 162 Å². The van der Waals surface area contributed by atoms with Gasteiger partial charge >= 0.3 is 5.97 Å². The van der Waals surface area contributed by atoms with E-state index in [1.54, 1.807) is 36.4 Å². The second kappa shape index (κ2) is 8.81. The number of esters is 1. The van der Waals surface area contributed by atoms with E-state index in [1.165, 1.54) is 0 Å². The zero-order valence-corrected chi connectivity index (χ0v) is 15.3. The van der Waals surface area contributed by atoms with Crippen molar-refractivity contribution in [2.45, 2.75) is 13.0 Å². The Morgan fingerprint density at radius 1 is 1.04 bits per heavy atom. The minimum absolute atomic E-state index is 0.184. The number of rotatable bonds is 7. The zero-order valence-electron chi connectivity index (χ0n) is 15.3.